The van der Waals surface area contributed by atoms with E-state index in [0.717, 1.165) is 114 Å². The van der Waals surface area contributed by atoms with Crippen molar-refractivity contribution in [3.63, 3.8) is 0 Å². The second kappa shape index (κ2) is 58.8. The summed E-state index contributed by atoms with van der Waals surface area (Å²) in [4.78, 5) is 72.4. The zero-order valence-corrected chi connectivity index (χ0v) is 59.1. The lowest BCUT2D eigenvalue weighted by Gasteiger charge is -2.21. The quantitative estimate of drug-likeness (QED) is 0.0222. The molecule has 0 aromatic heterocycles. The summed E-state index contributed by atoms with van der Waals surface area (Å²) in [5.41, 5.74) is 0. The van der Waals surface area contributed by atoms with Crippen LogP contribution in [0.5, 0.6) is 0 Å². The summed E-state index contributed by atoms with van der Waals surface area (Å²) in [5.74, 6) is 0.791. The van der Waals surface area contributed by atoms with E-state index in [1.54, 1.807) is 0 Å². The maximum absolute atomic E-state index is 13.0. The number of hydrogen-bond acceptors (Lipinski definition) is 15. The van der Waals surface area contributed by atoms with Gasteiger partial charge in [0.25, 0.3) is 0 Å². The van der Waals surface area contributed by atoms with Gasteiger partial charge < -0.3 is 33.8 Å². The lowest BCUT2D eigenvalue weighted by Crippen LogP contribution is -2.30. The molecule has 17 nitrogen and oxygen atoms in total. The number of carbonyl (C=O) groups excluding carboxylic acids is 4. The fourth-order valence-electron chi connectivity index (χ4n) is 10.3. The van der Waals surface area contributed by atoms with Crippen LogP contribution < -0.4 is 0 Å². The second-order valence-electron chi connectivity index (χ2n) is 26.8. The van der Waals surface area contributed by atoms with E-state index in [0.29, 0.717) is 31.6 Å². The predicted molar refractivity (Wildman–Crippen MR) is 354 cm³/mol. The SMILES string of the molecule is CC(C)CCCCCCCCCCCCCCCC(=O)OC[C@H](COP(=O)(O)OC[C@@H](O)COP(=O)(O)OC[C@@H](COC(=O)CCCCCCCCC(C)C)OC(=O)CCCCCCCCCCC(C)C)OC(=O)CCCCCCCCCCCC(C)C. The normalized spacial score (nSPS) is 14.3. The molecule has 0 heterocycles. The molecule has 5 atom stereocenters. The Bertz CT molecular complexity index is 1750. The molecule has 0 saturated carbocycles. The molecule has 0 aliphatic rings. The number of aliphatic hydroxyl groups excluding tert-OH is 1. The van der Waals surface area contributed by atoms with Gasteiger partial charge in [0.05, 0.1) is 26.4 Å². The van der Waals surface area contributed by atoms with E-state index in [4.69, 9.17) is 37.0 Å². The molecule has 0 spiro atoms. The van der Waals surface area contributed by atoms with E-state index < -0.39 is 97.5 Å². The van der Waals surface area contributed by atoms with Crippen LogP contribution in [-0.4, -0.2) is 96.7 Å². The van der Waals surface area contributed by atoms with Crippen molar-refractivity contribution in [1.29, 1.82) is 0 Å². The number of carbonyl (C=O) groups is 4. The van der Waals surface area contributed by atoms with Gasteiger partial charge in [0, 0.05) is 25.7 Å². The van der Waals surface area contributed by atoms with Crippen molar-refractivity contribution in [2.75, 3.05) is 39.6 Å². The molecule has 19 heteroatoms. The molecule has 0 radical (unpaired) electrons. The highest BCUT2D eigenvalue weighted by atomic mass is 31.2. The van der Waals surface area contributed by atoms with Crippen molar-refractivity contribution in [3.8, 4) is 0 Å². The second-order valence-corrected chi connectivity index (χ2v) is 29.7. The van der Waals surface area contributed by atoms with Crippen LogP contribution in [0.3, 0.4) is 0 Å². The van der Waals surface area contributed by atoms with Gasteiger partial charge in [-0.3, -0.25) is 37.3 Å². The average molecular weight is 1300 g/mol. The summed E-state index contributed by atoms with van der Waals surface area (Å²) < 4.78 is 68.2. The minimum absolute atomic E-state index is 0.103. The van der Waals surface area contributed by atoms with Crippen molar-refractivity contribution in [3.05, 3.63) is 0 Å². The Hall–Kier alpha value is -1.94. The van der Waals surface area contributed by atoms with Crippen LogP contribution >= 0.6 is 15.6 Å². The number of phosphoric ester groups is 2. The topological polar surface area (TPSA) is 237 Å². The molecule has 0 amide bonds. The molecule has 2 unspecified atom stereocenters. The van der Waals surface area contributed by atoms with Crippen LogP contribution in [0.25, 0.3) is 0 Å². The molecular weight excluding hydrogens is 1160 g/mol. The van der Waals surface area contributed by atoms with E-state index in [1.165, 1.54) is 135 Å². The summed E-state index contributed by atoms with van der Waals surface area (Å²) in [7, 11) is -9.90. The molecule has 3 N–H and O–H groups in total. The van der Waals surface area contributed by atoms with Gasteiger partial charge in [-0.05, 0) is 49.4 Å². The van der Waals surface area contributed by atoms with Crippen molar-refractivity contribution < 1.29 is 80.2 Å². The smallest absolute Gasteiger partial charge is 0.462 e. The first-order valence-electron chi connectivity index (χ1n) is 35.7. The van der Waals surface area contributed by atoms with Gasteiger partial charge >= 0.3 is 39.5 Å². The van der Waals surface area contributed by atoms with Gasteiger partial charge in [0.2, 0.25) is 0 Å². The van der Waals surface area contributed by atoms with E-state index >= 15 is 0 Å². The van der Waals surface area contributed by atoms with Crippen LogP contribution in [-0.2, 0) is 65.4 Å². The number of hydrogen-bond donors (Lipinski definition) is 3. The monoisotopic (exact) mass is 1300 g/mol. The molecule has 0 saturated heterocycles. The van der Waals surface area contributed by atoms with Gasteiger partial charge in [0.15, 0.2) is 12.2 Å². The zero-order chi connectivity index (χ0) is 65.4. The highest BCUT2D eigenvalue weighted by Gasteiger charge is 2.30. The Morgan fingerprint density at radius 2 is 0.477 bits per heavy atom. The third-order valence-electron chi connectivity index (χ3n) is 15.8. The molecule has 88 heavy (non-hydrogen) atoms. The van der Waals surface area contributed by atoms with Crippen molar-refractivity contribution in [2.45, 2.75) is 356 Å². The molecule has 0 rings (SSSR count). The number of rotatable bonds is 66. The molecule has 0 aliphatic carbocycles. The zero-order valence-electron chi connectivity index (χ0n) is 57.3. The van der Waals surface area contributed by atoms with Crippen LogP contribution in [0.2, 0.25) is 0 Å². The van der Waals surface area contributed by atoms with E-state index in [9.17, 15) is 43.2 Å². The Balaban J connectivity index is 5.23. The number of ether oxygens (including phenoxy) is 4. The number of aliphatic hydroxyl groups is 1. The first-order valence-corrected chi connectivity index (χ1v) is 38.7. The summed E-state index contributed by atoms with van der Waals surface area (Å²) in [6.07, 6.45) is 40.5. The molecule has 522 valence electrons. The lowest BCUT2D eigenvalue weighted by atomic mass is 10.0. The van der Waals surface area contributed by atoms with Crippen LogP contribution in [0.15, 0.2) is 0 Å². The average Bonchev–Trinajstić information content (AvgIpc) is 3.51. The Kier molecular flexibility index (Phi) is 57.6. The fraction of sp³-hybridized carbons (Fsp3) is 0.942. The summed E-state index contributed by atoms with van der Waals surface area (Å²) >= 11 is 0. The molecule has 0 aromatic rings. The number of esters is 4. The molecule has 0 bridgehead atoms. The van der Waals surface area contributed by atoms with E-state index in [2.05, 4.69) is 55.4 Å². The third-order valence-corrected chi connectivity index (χ3v) is 17.7. The Morgan fingerprint density at radius 3 is 0.705 bits per heavy atom. The van der Waals surface area contributed by atoms with E-state index in [1.807, 2.05) is 0 Å². The first-order chi connectivity index (χ1) is 42.1. The lowest BCUT2D eigenvalue weighted by molar-refractivity contribution is -0.161. The van der Waals surface area contributed by atoms with Crippen LogP contribution in [0.1, 0.15) is 338 Å². The standard InChI is InChI=1S/C69H134O17P2/c1-59(2)45-37-29-21-15-12-10-9-11-13-17-24-33-41-49-66(71)79-55-64(85-68(73)51-43-35-25-18-14-16-22-30-38-46-60(3)4)57-83-87(75,76)81-53-63(70)54-82-88(77,78)84-58-65(56-80-67(72)50-42-34-28-27-32-40-48-62(7)8)86-69(74)52-44-36-26-20-19-23-31-39-47-61(5)6/h59-65,70H,9-58H2,1-8H3,(H,75,76)(H,77,78)/t63-,64-,65-/m1/s1. The Labute approximate surface area is 537 Å². The van der Waals surface area contributed by atoms with Crippen LogP contribution in [0.4, 0.5) is 0 Å². The first kappa shape index (κ1) is 86.1. The van der Waals surface area contributed by atoms with Gasteiger partial charge in [-0.25, -0.2) is 9.13 Å². The summed E-state index contributed by atoms with van der Waals surface area (Å²) in [6, 6.07) is 0. The molecular formula is C69H134O17P2. The fourth-order valence-corrected chi connectivity index (χ4v) is 11.9. The molecule has 0 aromatic carbocycles. The number of phosphoric acid groups is 2. The van der Waals surface area contributed by atoms with Crippen molar-refractivity contribution >= 4 is 39.5 Å². The minimum Gasteiger partial charge on any atom is -0.462 e. The highest BCUT2D eigenvalue weighted by Crippen LogP contribution is 2.45. The number of unbranched alkanes of at least 4 members (excludes halogenated alkanes) is 32. The van der Waals surface area contributed by atoms with E-state index in [-0.39, 0.29) is 25.7 Å². The summed E-state index contributed by atoms with van der Waals surface area (Å²) in [5, 5.41) is 10.6. The van der Waals surface area contributed by atoms with Crippen molar-refractivity contribution in [1.82, 2.24) is 0 Å². The van der Waals surface area contributed by atoms with Crippen molar-refractivity contribution in [2.24, 2.45) is 23.7 Å². The third kappa shape index (κ3) is 62.8. The Morgan fingerprint density at radius 1 is 0.284 bits per heavy atom. The molecule has 0 aliphatic heterocycles. The predicted octanol–water partition coefficient (Wildman–Crippen LogP) is 19.3. The van der Waals surface area contributed by atoms with Gasteiger partial charge in [0.1, 0.15) is 19.3 Å². The molecule has 0 fully saturated rings. The maximum Gasteiger partial charge on any atom is 0.472 e. The highest BCUT2D eigenvalue weighted by molar-refractivity contribution is 7.47. The largest absolute Gasteiger partial charge is 0.472 e. The van der Waals surface area contributed by atoms with Gasteiger partial charge in [-0.15, -0.1) is 0 Å². The van der Waals surface area contributed by atoms with Gasteiger partial charge in [-0.2, -0.15) is 0 Å². The minimum atomic E-state index is -4.95. The van der Waals surface area contributed by atoms with Gasteiger partial charge in [-0.1, -0.05) is 287 Å². The summed E-state index contributed by atoms with van der Waals surface area (Å²) in [6.45, 7) is 14.0. The van der Waals surface area contributed by atoms with Crippen LogP contribution in [0, 0.1) is 23.7 Å². The maximum atomic E-state index is 13.0.